The van der Waals surface area contributed by atoms with Crippen molar-refractivity contribution in [2.45, 2.75) is 44.3 Å². The first kappa shape index (κ1) is 16.2. The standard InChI is InChI=1S/C19H23N5O/c1-12-5-4-10-21-17(12)18(13-7-8-13)22-19(25)16-11-15(23-24-16)14-6-2-3-9-20-14/h2-6,9-10,13,15-16,18,23-24H,7-8,11H2,1H3,(H,22,25). The summed E-state index contributed by atoms with van der Waals surface area (Å²) in [5, 5.41) is 3.23. The van der Waals surface area contributed by atoms with Crippen molar-refractivity contribution in [2.75, 3.05) is 0 Å². The fourth-order valence-electron chi connectivity index (χ4n) is 3.42. The molecular weight excluding hydrogens is 314 g/mol. The number of amides is 1. The predicted molar refractivity (Wildman–Crippen MR) is 94.2 cm³/mol. The highest BCUT2D eigenvalue weighted by molar-refractivity contribution is 5.82. The lowest BCUT2D eigenvalue weighted by Gasteiger charge is -2.21. The highest BCUT2D eigenvalue weighted by Crippen LogP contribution is 2.41. The van der Waals surface area contributed by atoms with Crippen LogP contribution in [0.3, 0.4) is 0 Å². The fraction of sp³-hybridized carbons (Fsp3) is 0.421. The molecule has 2 fully saturated rings. The third-order valence-electron chi connectivity index (χ3n) is 5.00. The monoisotopic (exact) mass is 337 g/mol. The smallest absolute Gasteiger partial charge is 0.239 e. The van der Waals surface area contributed by atoms with E-state index in [1.54, 1.807) is 12.4 Å². The molecule has 130 valence electrons. The zero-order valence-electron chi connectivity index (χ0n) is 14.3. The molecule has 3 N–H and O–H groups in total. The molecular formula is C19H23N5O. The zero-order valence-corrected chi connectivity index (χ0v) is 14.3. The van der Waals surface area contributed by atoms with Crippen LogP contribution in [0.5, 0.6) is 0 Å². The Morgan fingerprint density at radius 2 is 2.00 bits per heavy atom. The molecule has 0 bridgehead atoms. The first-order chi connectivity index (χ1) is 12.2. The zero-order chi connectivity index (χ0) is 17.2. The summed E-state index contributed by atoms with van der Waals surface area (Å²) < 4.78 is 0. The Morgan fingerprint density at radius 3 is 2.72 bits per heavy atom. The van der Waals surface area contributed by atoms with Crippen LogP contribution in [0, 0.1) is 12.8 Å². The number of aromatic nitrogens is 2. The Labute approximate surface area is 147 Å². The number of hydrogen-bond acceptors (Lipinski definition) is 5. The molecule has 1 aliphatic heterocycles. The van der Waals surface area contributed by atoms with Gasteiger partial charge >= 0.3 is 0 Å². The molecule has 2 aromatic rings. The second kappa shape index (κ2) is 6.90. The highest BCUT2D eigenvalue weighted by atomic mass is 16.2. The summed E-state index contributed by atoms with van der Waals surface area (Å²) in [6.45, 7) is 2.05. The van der Waals surface area contributed by atoms with Gasteiger partial charge in [-0.05, 0) is 55.9 Å². The van der Waals surface area contributed by atoms with Gasteiger partial charge in [-0.2, -0.15) is 0 Å². The number of rotatable bonds is 5. The molecule has 6 heteroatoms. The van der Waals surface area contributed by atoms with Crippen molar-refractivity contribution in [3.63, 3.8) is 0 Å². The summed E-state index contributed by atoms with van der Waals surface area (Å²) in [6.07, 6.45) is 6.55. The van der Waals surface area contributed by atoms with Gasteiger partial charge in [-0.1, -0.05) is 12.1 Å². The summed E-state index contributed by atoms with van der Waals surface area (Å²) in [7, 11) is 0. The van der Waals surface area contributed by atoms with E-state index >= 15 is 0 Å². The van der Waals surface area contributed by atoms with E-state index in [1.807, 2.05) is 24.3 Å². The molecule has 1 amide bonds. The van der Waals surface area contributed by atoms with E-state index in [0.717, 1.165) is 29.8 Å². The number of pyridine rings is 2. The number of nitrogens with one attached hydrogen (secondary N) is 3. The van der Waals surface area contributed by atoms with Gasteiger partial charge in [-0.25, -0.2) is 10.9 Å². The van der Waals surface area contributed by atoms with E-state index < -0.39 is 0 Å². The second-order valence-electron chi connectivity index (χ2n) is 6.91. The summed E-state index contributed by atoms with van der Waals surface area (Å²) in [5.74, 6) is 0.520. The van der Waals surface area contributed by atoms with Crippen LogP contribution >= 0.6 is 0 Å². The molecule has 1 saturated heterocycles. The molecule has 0 spiro atoms. The minimum atomic E-state index is -0.266. The summed E-state index contributed by atoms with van der Waals surface area (Å²) >= 11 is 0. The van der Waals surface area contributed by atoms with Gasteiger partial charge in [0.1, 0.15) is 6.04 Å². The van der Waals surface area contributed by atoms with Crippen molar-refractivity contribution in [1.29, 1.82) is 0 Å². The van der Waals surface area contributed by atoms with Crippen molar-refractivity contribution < 1.29 is 4.79 Å². The van der Waals surface area contributed by atoms with Gasteiger partial charge in [-0.15, -0.1) is 0 Å². The lowest BCUT2D eigenvalue weighted by atomic mass is 10.0. The van der Waals surface area contributed by atoms with Crippen molar-refractivity contribution in [2.24, 2.45) is 5.92 Å². The van der Waals surface area contributed by atoms with Crippen molar-refractivity contribution >= 4 is 5.91 Å². The van der Waals surface area contributed by atoms with Gasteiger partial charge in [-0.3, -0.25) is 14.8 Å². The van der Waals surface area contributed by atoms with Crippen molar-refractivity contribution in [3.05, 3.63) is 59.7 Å². The lowest BCUT2D eigenvalue weighted by Crippen LogP contribution is -2.45. The number of aryl methyl sites for hydroxylation is 1. The molecule has 6 nitrogen and oxygen atoms in total. The van der Waals surface area contributed by atoms with Crippen LogP contribution in [0.2, 0.25) is 0 Å². The maximum atomic E-state index is 12.8. The van der Waals surface area contributed by atoms with Crippen LogP contribution in [0.1, 0.15) is 48.3 Å². The summed E-state index contributed by atoms with van der Waals surface area (Å²) in [5.41, 5.74) is 9.37. The molecule has 25 heavy (non-hydrogen) atoms. The Bertz CT molecular complexity index is 746. The number of carbonyl (C=O) groups is 1. The quantitative estimate of drug-likeness (QED) is 0.777. The normalized spacial score (nSPS) is 24.0. The number of hydrogen-bond donors (Lipinski definition) is 3. The van der Waals surface area contributed by atoms with Crippen molar-refractivity contribution in [3.8, 4) is 0 Å². The molecule has 0 radical (unpaired) electrons. The van der Waals surface area contributed by atoms with Gasteiger partial charge < -0.3 is 5.32 Å². The molecule has 1 aliphatic carbocycles. The van der Waals surface area contributed by atoms with Gasteiger partial charge in [0.25, 0.3) is 0 Å². The first-order valence-corrected chi connectivity index (χ1v) is 8.86. The minimum absolute atomic E-state index is 0.00407. The van der Waals surface area contributed by atoms with E-state index in [9.17, 15) is 4.79 Å². The molecule has 4 rings (SSSR count). The van der Waals surface area contributed by atoms with Gasteiger partial charge in [0.2, 0.25) is 5.91 Å². The van der Waals surface area contributed by atoms with E-state index in [2.05, 4.69) is 39.1 Å². The molecule has 0 aromatic carbocycles. The minimum Gasteiger partial charge on any atom is -0.346 e. The Morgan fingerprint density at radius 1 is 1.16 bits per heavy atom. The van der Waals surface area contributed by atoms with Crippen LogP contribution in [-0.4, -0.2) is 21.9 Å². The molecule has 3 unspecified atom stereocenters. The topological polar surface area (TPSA) is 78.9 Å². The number of hydrazine groups is 1. The largest absolute Gasteiger partial charge is 0.346 e. The maximum absolute atomic E-state index is 12.8. The van der Waals surface area contributed by atoms with E-state index in [-0.39, 0.29) is 24.0 Å². The van der Waals surface area contributed by atoms with Crippen LogP contribution < -0.4 is 16.2 Å². The van der Waals surface area contributed by atoms with Gasteiger partial charge in [0.05, 0.1) is 23.5 Å². The van der Waals surface area contributed by atoms with E-state index in [4.69, 9.17) is 0 Å². The second-order valence-corrected chi connectivity index (χ2v) is 6.91. The van der Waals surface area contributed by atoms with Crippen LogP contribution in [0.4, 0.5) is 0 Å². The highest BCUT2D eigenvalue weighted by Gasteiger charge is 2.38. The molecule has 2 aliphatic rings. The Kier molecular flexibility index (Phi) is 4.46. The molecule has 3 atom stereocenters. The lowest BCUT2D eigenvalue weighted by molar-refractivity contribution is -0.123. The van der Waals surface area contributed by atoms with E-state index in [0.29, 0.717) is 12.3 Å². The Balaban J connectivity index is 1.43. The maximum Gasteiger partial charge on any atom is 0.239 e. The summed E-state index contributed by atoms with van der Waals surface area (Å²) in [6, 6.07) is 9.61. The predicted octanol–water partition coefficient (Wildman–Crippen LogP) is 1.96. The molecule has 1 saturated carbocycles. The van der Waals surface area contributed by atoms with Crippen molar-refractivity contribution in [1.82, 2.24) is 26.1 Å². The van der Waals surface area contributed by atoms with E-state index in [1.165, 1.54) is 0 Å². The molecule has 2 aromatic heterocycles. The molecule has 3 heterocycles. The third kappa shape index (κ3) is 3.55. The van der Waals surface area contributed by atoms with Crippen LogP contribution in [0.25, 0.3) is 0 Å². The van der Waals surface area contributed by atoms with Gasteiger partial charge in [0.15, 0.2) is 0 Å². The van der Waals surface area contributed by atoms with Crippen LogP contribution in [0.15, 0.2) is 42.7 Å². The van der Waals surface area contributed by atoms with Gasteiger partial charge in [0, 0.05) is 12.4 Å². The number of nitrogens with zero attached hydrogens (tertiary/aromatic N) is 2. The Hall–Kier alpha value is -2.31. The average Bonchev–Trinajstić information content (AvgIpc) is 3.36. The number of carbonyl (C=O) groups excluding carboxylic acids is 1. The third-order valence-corrected chi connectivity index (χ3v) is 5.00. The first-order valence-electron chi connectivity index (χ1n) is 8.86. The summed E-state index contributed by atoms with van der Waals surface area (Å²) in [4.78, 5) is 21.7. The SMILES string of the molecule is Cc1cccnc1C(NC(=O)C1CC(c2ccccn2)NN1)C1CC1. The van der Waals surface area contributed by atoms with Crippen LogP contribution in [-0.2, 0) is 4.79 Å². The average molecular weight is 337 g/mol. The fourth-order valence-corrected chi connectivity index (χ4v) is 3.42.